The second-order valence-corrected chi connectivity index (χ2v) is 6.00. The van der Waals surface area contributed by atoms with Gasteiger partial charge < -0.3 is 15.0 Å². The lowest BCUT2D eigenvalue weighted by Gasteiger charge is -2.23. The fourth-order valence-corrected chi connectivity index (χ4v) is 2.57. The Morgan fingerprint density at radius 3 is 2.28 bits per heavy atom. The lowest BCUT2D eigenvalue weighted by molar-refractivity contribution is -0.137. The van der Waals surface area contributed by atoms with Crippen LogP contribution >= 0.6 is 0 Å². The Morgan fingerprint density at radius 2 is 1.72 bits per heavy atom. The number of benzene rings is 2. The molecule has 3 rings (SSSR count). The van der Waals surface area contributed by atoms with E-state index >= 15 is 0 Å². The Balaban J connectivity index is 1.97. The molecule has 1 N–H and O–H groups in total. The Bertz CT molecular complexity index is 1030. The van der Waals surface area contributed by atoms with Crippen molar-refractivity contribution >= 4 is 23.1 Å². The minimum absolute atomic E-state index is 0.0126. The molecule has 0 amide bonds. The fraction of sp³-hybridized carbons (Fsp3) is 0.150. The number of ether oxygens (including phenoxy) is 1. The maximum absolute atomic E-state index is 13.5. The zero-order chi connectivity index (χ0) is 21.0. The number of aromatic nitrogens is 2. The van der Waals surface area contributed by atoms with Gasteiger partial charge in [-0.1, -0.05) is 0 Å². The van der Waals surface area contributed by atoms with Crippen LogP contribution in [0.15, 0.2) is 54.7 Å². The SMILES string of the molecule is COc1ccc(Nc2ncc(C(F)(F)F)c(N(C)c3ccc(C#N)cc3)n2)cc1. The molecule has 0 unspecified atom stereocenters. The van der Waals surface area contributed by atoms with Crippen molar-refractivity contribution < 1.29 is 17.9 Å². The minimum Gasteiger partial charge on any atom is -0.497 e. The van der Waals surface area contributed by atoms with Gasteiger partial charge in [0.2, 0.25) is 5.95 Å². The highest BCUT2D eigenvalue weighted by atomic mass is 19.4. The molecule has 0 aliphatic heterocycles. The average molecular weight is 399 g/mol. The van der Waals surface area contributed by atoms with Gasteiger partial charge in [0.05, 0.1) is 18.7 Å². The van der Waals surface area contributed by atoms with Crippen LogP contribution in [0.1, 0.15) is 11.1 Å². The Labute approximate surface area is 165 Å². The maximum Gasteiger partial charge on any atom is 0.421 e. The minimum atomic E-state index is -4.63. The number of hydrogen-bond donors (Lipinski definition) is 1. The van der Waals surface area contributed by atoms with Gasteiger partial charge >= 0.3 is 6.18 Å². The second kappa shape index (κ2) is 8.06. The predicted molar refractivity (Wildman–Crippen MR) is 103 cm³/mol. The van der Waals surface area contributed by atoms with Crippen LogP contribution in [-0.4, -0.2) is 24.1 Å². The number of halogens is 3. The first-order valence-electron chi connectivity index (χ1n) is 8.41. The number of nitrogens with zero attached hydrogens (tertiary/aromatic N) is 4. The van der Waals surface area contributed by atoms with Gasteiger partial charge in [0, 0.05) is 24.6 Å². The lowest BCUT2D eigenvalue weighted by Crippen LogP contribution is -2.19. The van der Waals surface area contributed by atoms with Gasteiger partial charge in [-0.2, -0.15) is 23.4 Å². The molecular formula is C20H16F3N5O. The average Bonchev–Trinajstić information content (AvgIpc) is 2.73. The molecule has 2 aromatic carbocycles. The molecule has 148 valence electrons. The third-order valence-corrected chi connectivity index (χ3v) is 4.12. The van der Waals surface area contributed by atoms with Crippen LogP contribution in [0.5, 0.6) is 5.75 Å². The van der Waals surface area contributed by atoms with Crippen LogP contribution in [0.4, 0.5) is 36.3 Å². The summed E-state index contributed by atoms with van der Waals surface area (Å²) in [5.74, 6) is 0.344. The van der Waals surface area contributed by atoms with Crippen molar-refractivity contribution in [3.63, 3.8) is 0 Å². The summed E-state index contributed by atoms with van der Waals surface area (Å²) in [6.45, 7) is 0. The monoisotopic (exact) mass is 399 g/mol. The van der Waals surface area contributed by atoms with Crippen molar-refractivity contribution in [1.82, 2.24) is 9.97 Å². The van der Waals surface area contributed by atoms with Crippen LogP contribution in [0.2, 0.25) is 0 Å². The van der Waals surface area contributed by atoms with Gasteiger partial charge in [0.1, 0.15) is 11.3 Å². The lowest BCUT2D eigenvalue weighted by atomic mass is 10.2. The summed E-state index contributed by atoms with van der Waals surface area (Å²) in [6.07, 6.45) is -3.89. The van der Waals surface area contributed by atoms with Gasteiger partial charge in [-0.25, -0.2) is 4.98 Å². The van der Waals surface area contributed by atoms with Crippen LogP contribution in [0.25, 0.3) is 0 Å². The normalized spacial score (nSPS) is 10.9. The zero-order valence-electron chi connectivity index (χ0n) is 15.5. The van der Waals surface area contributed by atoms with Crippen LogP contribution in [0.3, 0.4) is 0 Å². The smallest absolute Gasteiger partial charge is 0.421 e. The molecule has 0 aliphatic carbocycles. The summed E-state index contributed by atoms with van der Waals surface area (Å²) >= 11 is 0. The highest BCUT2D eigenvalue weighted by Gasteiger charge is 2.36. The summed E-state index contributed by atoms with van der Waals surface area (Å²) in [6, 6.07) is 14.9. The Morgan fingerprint density at radius 1 is 1.07 bits per heavy atom. The molecule has 6 nitrogen and oxygen atoms in total. The van der Waals surface area contributed by atoms with Crippen molar-refractivity contribution in [1.29, 1.82) is 5.26 Å². The predicted octanol–water partition coefficient (Wildman–Crippen LogP) is 4.89. The highest BCUT2D eigenvalue weighted by molar-refractivity contribution is 5.65. The maximum atomic E-state index is 13.5. The molecule has 0 fully saturated rings. The molecule has 0 saturated carbocycles. The van der Waals surface area contributed by atoms with E-state index in [1.165, 1.54) is 31.2 Å². The van der Waals surface area contributed by atoms with E-state index in [4.69, 9.17) is 10.00 Å². The largest absolute Gasteiger partial charge is 0.497 e. The molecule has 0 radical (unpaired) electrons. The summed E-state index contributed by atoms with van der Waals surface area (Å²) in [5.41, 5.74) is 0.480. The van der Waals surface area contributed by atoms with E-state index in [1.807, 2.05) is 6.07 Å². The molecule has 3 aromatic rings. The van der Waals surface area contributed by atoms with Crippen molar-refractivity contribution in [2.75, 3.05) is 24.4 Å². The molecule has 1 aromatic heterocycles. The standard InChI is InChI=1S/C20H16F3N5O/c1-28(15-7-3-13(11-24)4-8-15)18-17(20(21,22)23)12-25-19(27-18)26-14-5-9-16(29-2)10-6-14/h3-10,12H,1-2H3,(H,25,26,27). The second-order valence-electron chi connectivity index (χ2n) is 6.00. The number of rotatable bonds is 5. The van der Waals surface area contributed by atoms with Gasteiger partial charge in [0.25, 0.3) is 0 Å². The fourth-order valence-electron chi connectivity index (χ4n) is 2.57. The molecule has 0 spiro atoms. The van der Waals surface area contributed by atoms with Crippen LogP contribution in [-0.2, 0) is 6.18 Å². The van der Waals surface area contributed by atoms with Crippen molar-refractivity contribution in [2.24, 2.45) is 0 Å². The number of alkyl halides is 3. The number of nitriles is 1. The molecule has 29 heavy (non-hydrogen) atoms. The first-order valence-corrected chi connectivity index (χ1v) is 8.41. The first kappa shape index (κ1) is 19.9. The highest BCUT2D eigenvalue weighted by Crippen LogP contribution is 2.37. The molecular weight excluding hydrogens is 383 g/mol. The number of nitrogens with one attached hydrogen (secondary N) is 1. The van der Waals surface area contributed by atoms with Crippen molar-refractivity contribution in [3.05, 3.63) is 65.9 Å². The molecule has 9 heteroatoms. The summed E-state index contributed by atoms with van der Waals surface area (Å²) in [7, 11) is 3.00. The van der Waals surface area contributed by atoms with Crippen molar-refractivity contribution in [2.45, 2.75) is 6.18 Å². The van der Waals surface area contributed by atoms with Crippen LogP contribution in [0, 0.1) is 11.3 Å². The Hall–Kier alpha value is -3.80. The van der Waals surface area contributed by atoms with E-state index in [-0.39, 0.29) is 11.8 Å². The quantitative estimate of drug-likeness (QED) is 0.659. The first-order chi connectivity index (χ1) is 13.8. The van der Waals surface area contributed by atoms with E-state index in [9.17, 15) is 13.2 Å². The topological polar surface area (TPSA) is 74.1 Å². The van der Waals surface area contributed by atoms with Gasteiger partial charge in [-0.15, -0.1) is 0 Å². The van der Waals surface area contributed by atoms with Gasteiger partial charge in [-0.05, 0) is 48.5 Å². The summed E-state index contributed by atoms with van der Waals surface area (Å²) in [5, 5.41) is 11.8. The Kier molecular flexibility index (Phi) is 5.54. The zero-order valence-corrected chi connectivity index (χ0v) is 15.5. The number of anilines is 4. The van der Waals surface area contributed by atoms with Gasteiger partial charge in [-0.3, -0.25) is 0 Å². The van der Waals surface area contributed by atoms with Gasteiger partial charge in [0.15, 0.2) is 5.82 Å². The number of hydrogen-bond acceptors (Lipinski definition) is 6. The van der Waals surface area contributed by atoms with E-state index in [2.05, 4.69) is 15.3 Å². The van der Waals surface area contributed by atoms with Crippen LogP contribution < -0.4 is 15.0 Å². The van der Waals surface area contributed by atoms with Crippen molar-refractivity contribution in [3.8, 4) is 11.8 Å². The summed E-state index contributed by atoms with van der Waals surface area (Å²) < 4.78 is 45.6. The molecule has 0 saturated heterocycles. The molecule has 0 bridgehead atoms. The summed E-state index contributed by atoms with van der Waals surface area (Å²) in [4.78, 5) is 9.18. The molecule has 1 heterocycles. The van der Waals surface area contributed by atoms with E-state index in [1.54, 1.807) is 36.4 Å². The van der Waals surface area contributed by atoms with E-state index in [0.717, 1.165) is 6.20 Å². The number of methoxy groups -OCH3 is 1. The van der Waals surface area contributed by atoms with E-state index < -0.39 is 11.7 Å². The molecule has 0 atom stereocenters. The third kappa shape index (κ3) is 4.55. The van der Waals surface area contributed by atoms with E-state index in [0.29, 0.717) is 22.7 Å². The third-order valence-electron chi connectivity index (χ3n) is 4.12. The molecule has 0 aliphatic rings.